The third kappa shape index (κ3) is 1.89. The number of anilines is 1. The summed E-state index contributed by atoms with van der Waals surface area (Å²) in [5, 5.41) is 0.644. The number of halogens is 1. The van der Waals surface area contributed by atoms with Crippen molar-refractivity contribution in [2.45, 2.75) is 0 Å². The number of nitrogens with zero attached hydrogens (tertiary/aromatic N) is 2. The fourth-order valence-electron chi connectivity index (χ4n) is 1.14. The summed E-state index contributed by atoms with van der Waals surface area (Å²) in [5.74, 6) is -0.00157. The van der Waals surface area contributed by atoms with Crippen molar-refractivity contribution >= 4 is 17.5 Å². The number of aromatic nitrogens is 2. The van der Waals surface area contributed by atoms with Crippen LogP contribution in [0.25, 0.3) is 10.6 Å². The van der Waals surface area contributed by atoms with Gasteiger partial charge in [-0.3, -0.25) is 0 Å². The molecule has 0 saturated heterocycles. The average Bonchev–Trinajstić information content (AvgIpc) is 2.66. The van der Waals surface area contributed by atoms with Crippen molar-refractivity contribution in [3.05, 3.63) is 24.0 Å². The first-order chi connectivity index (χ1) is 7.20. The normalized spacial score (nSPS) is 10.3. The number of ether oxygens (including phenoxy) is 1. The zero-order chi connectivity index (χ0) is 10.8. The average molecular weight is 225 g/mol. The van der Waals surface area contributed by atoms with Crippen LogP contribution in [0.15, 0.2) is 18.2 Å². The monoisotopic (exact) mass is 225 g/mol. The van der Waals surface area contributed by atoms with Crippen LogP contribution in [-0.2, 0) is 0 Å². The number of hydrogen-bond acceptors (Lipinski definition) is 5. The fourth-order valence-corrected chi connectivity index (χ4v) is 1.73. The lowest BCUT2D eigenvalue weighted by molar-refractivity contribution is 0.387. The van der Waals surface area contributed by atoms with Crippen molar-refractivity contribution in [1.82, 2.24) is 9.36 Å². The van der Waals surface area contributed by atoms with Crippen molar-refractivity contribution in [1.29, 1.82) is 0 Å². The molecule has 0 bridgehead atoms. The van der Waals surface area contributed by atoms with Crippen LogP contribution < -0.4 is 10.5 Å². The van der Waals surface area contributed by atoms with Gasteiger partial charge in [0.1, 0.15) is 5.01 Å². The highest BCUT2D eigenvalue weighted by atomic mass is 32.1. The summed E-state index contributed by atoms with van der Waals surface area (Å²) in [5.41, 5.74) is 6.14. The van der Waals surface area contributed by atoms with Gasteiger partial charge in [0.15, 0.2) is 11.6 Å². The molecule has 0 amide bonds. The van der Waals surface area contributed by atoms with Crippen LogP contribution in [0.4, 0.5) is 10.3 Å². The molecule has 0 fully saturated rings. The number of hydrogen-bond donors (Lipinski definition) is 1. The lowest BCUT2D eigenvalue weighted by Crippen LogP contribution is -1.89. The Morgan fingerprint density at radius 1 is 1.47 bits per heavy atom. The Balaban J connectivity index is 2.45. The van der Waals surface area contributed by atoms with E-state index in [1.165, 1.54) is 13.2 Å². The van der Waals surface area contributed by atoms with Gasteiger partial charge in [-0.2, -0.15) is 9.36 Å². The van der Waals surface area contributed by atoms with E-state index in [0.29, 0.717) is 5.01 Å². The lowest BCUT2D eigenvalue weighted by Gasteiger charge is -2.02. The van der Waals surface area contributed by atoms with E-state index in [2.05, 4.69) is 9.36 Å². The molecule has 0 spiro atoms. The van der Waals surface area contributed by atoms with Gasteiger partial charge >= 0.3 is 0 Å². The predicted octanol–water partition coefficient (Wildman–Crippen LogP) is 1.93. The van der Waals surface area contributed by atoms with Gasteiger partial charge in [0.05, 0.1) is 7.11 Å². The van der Waals surface area contributed by atoms with Gasteiger partial charge in [0.2, 0.25) is 5.95 Å². The van der Waals surface area contributed by atoms with Crippen molar-refractivity contribution < 1.29 is 9.13 Å². The molecule has 15 heavy (non-hydrogen) atoms. The maximum atomic E-state index is 13.1. The van der Waals surface area contributed by atoms with Gasteiger partial charge in [-0.05, 0) is 29.7 Å². The minimum Gasteiger partial charge on any atom is -0.494 e. The molecule has 6 heteroatoms. The molecule has 0 unspecified atom stereocenters. The molecule has 0 aliphatic heterocycles. The summed E-state index contributed by atoms with van der Waals surface area (Å²) in [7, 11) is 1.41. The third-order valence-corrected chi connectivity index (χ3v) is 2.62. The molecular formula is C9H8FN3OS. The highest BCUT2D eigenvalue weighted by molar-refractivity contribution is 7.09. The van der Waals surface area contributed by atoms with Crippen LogP contribution in [0.2, 0.25) is 0 Å². The van der Waals surface area contributed by atoms with Crippen LogP contribution in [-0.4, -0.2) is 16.5 Å². The Kier molecular flexibility index (Phi) is 2.51. The Bertz CT molecular complexity index is 486. The molecule has 0 aliphatic carbocycles. The standard InChI is InChI=1S/C9H8FN3OS/c1-14-7-4-5(2-3-6(7)10)8-12-9(11)13-15-8/h2-4H,1H3,(H2,11,13). The molecule has 0 saturated carbocycles. The van der Waals surface area contributed by atoms with Gasteiger partial charge < -0.3 is 10.5 Å². The number of benzene rings is 1. The van der Waals surface area contributed by atoms with Crippen molar-refractivity contribution in [3.8, 4) is 16.3 Å². The summed E-state index contributed by atoms with van der Waals surface area (Å²) < 4.78 is 21.8. The maximum absolute atomic E-state index is 13.1. The zero-order valence-corrected chi connectivity index (χ0v) is 8.71. The van der Waals surface area contributed by atoms with Crippen LogP contribution in [0.1, 0.15) is 0 Å². The fraction of sp³-hybridized carbons (Fsp3) is 0.111. The van der Waals surface area contributed by atoms with Crippen LogP contribution in [0.5, 0.6) is 5.75 Å². The lowest BCUT2D eigenvalue weighted by atomic mass is 10.2. The first kappa shape index (κ1) is 9.85. The van der Waals surface area contributed by atoms with Crippen molar-refractivity contribution in [2.75, 3.05) is 12.8 Å². The quantitative estimate of drug-likeness (QED) is 0.848. The molecule has 1 aromatic heterocycles. The Hall–Kier alpha value is -1.69. The second kappa shape index (κ2) is 3.82. The SMILES string of the molecule is COc1cc(-c2nc(N)ns2)ccc1F. The summed E-state index contributed by atoms with van der Waals surface area (Å²) in [6.07, 6.45) is 0. The van der Waals surface area contributed by atoms with E-state index in [4.69, 9.17) is 10.5 Å². The molecule has 0 radical (unpaired) electrons. The van der Waals surface area contributed by atoms with Crippen molar-refractivity contribution in [3.63, 3.8) is 0 Å². The van der Waals surface area contributed by atoms with Gasteiger partial charge in [0.25, 0.3) is 0 Å². The van der Waals surface area contributed by atoms with E-state index >= 15 is 0 Å². The minimum atomic E-state index is -0.404. The summed E-state index contributed by atoms with van der Waals surface area (Å²) in [4.78, 5) is 3.99. The van der Waals surface area contributed by atoms with E-state index in [9.17, 15) is 4.39 Å². The molecule has 1 heterocycles. The van der Waals surface area contributed by atoms with Crippen LogP contribution >= 0.6 is 11.5 Å². The van der Waals surface area contributed by atoms with E-state index in [-0.39, 0.29) is 11.7 Å². The number of nitrogens with two attached hydrogens (primary N) is 1. The van der Waals surface area contributed by atoms with Crippen LogP contribution in [0, 0.1) is 5.82 Å². The molecule has 0 atom stereocenters. The van der Waals surface area contributed by atoms with E-state index < -0.39 is 5.82 Å². The molecule has 78 valence electrons. The predicted molar refractivity (Wildman–Crippen MR) is 56.3 cm³/mol. The molecule has 4 nitrogen and oxygen atoms in total. The molecule has 2 N–H and O–H groups in total. The van der Waals surface area contributed by atoms with Crippen molar-refractivity contribution in [2.24, 2.45) is 0 Å². The van der Waals surface area contributed by atoms with Gasteiger partial charge in [-0.25, -0.2) is 4.39 Å². The number of nitrogen functional groups attached to an aromatic ring is 1. The number of methoxy groups -OCH3 is 1. The highest BCUT2D eigenvalue weighted by Gasteiger charge is 2.08. The highest BCUT2D eigenvalue weighted by Crippen LogP contribution is 2.27. The summed E-state index contributed by atoms with van der Waals surface area (Å²) >= 11 is 1.16. The second-order valence-electron chi connectivity index (χ2n) is 2.81. The summed E-state index contributed by atoms with van der Waals surface area (Å²) in [6.45, 7) is 0. The minimum absolute atomic E-state index is 0.182. The molecule has 2 rings (SSSR count). The first-order valence-corrected chi connectivity index (χ1v) is 4.91. The Morgan fingerprint density at radius 3 is 2.87 bits per heavy atom. The Morgan fingerprint density at radius 2 is 2.27 bits per heavy atom. The Labute approximate surface area is 89.7 Å². The van der Waals surface area contributed by atoms with Gasteiger partial charge in [0, 0.05) is 5.56 Å². The van der Waals surface area contributed by atoms with Gasteiger partial charge in [-0.1, -0.05) is 0 Å². The van der Waals surface area contributed by atoms with E-state index in [0.717, 1.165) is 17.1 Å². The third-order valence-electron chi connectivity index (χ3n) is 1.84. The smallest absolute Gasteiger partial charge is 0.232 e. The molecular weight excluding hydrogens is 217 g/mol. The largest absolute Gasteiger partial charge is 0.494 e. The molecule has 1 aromatic carbocycles. The summed E-state index contributed by atoms with van der Waals surface area (Å²) in [6, 6.07) is 4.50. The molecule has 2 aromatic rings. The topological polar surface area (TPSA) is 61.0 Å². The maximum Gasteiger partial charge on any atom is 0.232 e. The van der Waals surface area contributed by atoms with E-state index in [1.807, 2.05) is 0 Å². The second-order valence-corrected chi connectivity index (χ2v) is 3.56. The van der Waals surface area contributed by atoms with Crippen LogP contribution in [0.3, 0.4) is 0 Å². The number of rotatable bonds is 2. The van der Waals surface area contributed by atoms with E-state index in [1.54, 1.807) is 12.1 Å². The van der Waals surface area contributed by atoms with Gasteiger partial charge in [-0.15, -0.1) is 0 Å². The zero-order valence-electron chi connectivity index (χ0n) is 7.90. The first-order valence-electron chi connectivity index (χ1n) is 4.14. The molecule has 0 aliphatic rings.